The smallest absolute Gasteiger partial charge is 0.437 e. The maximum atomic E-state index is 13.3. The molecule has 0 aliphatic carbocycles. The maximum absolute atomic E-state index is 13.3. The van der Waals surface area contributed by atoms with Gasteiger partial charge in [-0.15, -0.1) is 0 Å². The molecule has 5 nitrogen and oxygen atoms in total. The van der Waals surface area contributed by atoms with E-state index >= 15 is 0 Å². The molecule has 0 N–H and O–H groups in total. The zero-order valence-electron chi connectivity index (χ0n) is 17.0. The number of aromatic nitrogens is 1. The Morgan fingerprint density at radius 3 is 2.57 bits per heavy atom. The normalized spacial score (nSPS) is 19.0. The predicted octanol–water partition coefficient (Wildman–Crippen LogP) is 5.15. The number of alkyl halides is 3. The molecule has 1 aliphatic rings. The van der Waals surface area contributed by atoms with Crippen LogP contribution in [0.3, 0.4) is 0 Å². The second kappa shape index (κ2) is 8.57. The highest BCUT2D eigenvalue weighted by Gasteiger charge is 2.39. The van der Waals surface area contributed by atoms with Gasteiger partial charge in [-0.25, -0.2) is 9.78 Å². The van der Waals surface area contributed by atoms with Gasteiger partial charge in [0.1, 0.15) is 11.7 Å². The highest BCUT2D eigenvalue weighted by molar-refractivity contribution is 5.68. The van der Waals surface area contributed by atoms with Gasteiger partial charge in [0, 0.05) is 25.2 Å². The highest BCUT2D eigenvalue weighted by Crippen LogP contribution is 2.36. The van der Waals surface area contributed by atoms with Gasteiger partial charge in [-0.2, -0.15) is 13.2 Å². The lowest BCUT2D eigenvalue weighted by atomic mass is 9.93. The van der Waals surface area contributed by atoms with Crippen LogP contribution >= 0.6 is 0 Å². The van der Waals surface area contributed by atoms with E-state index < -0.39 is 29.7 Å². The van der Waals surface area contributed by atoms with Gasteiger partial charge < -0.3 is 14.4 Å². The number of carbonyl (C=O) groups excluding carboxylic acids is 1. The zero-order valence-corrected chi connectivity index (χ0v) is 17.0. The summed E-state index contributed by atoms with van der Waals surface area (Å²) in [5, 5.41) is 0. The van der Waals surface area contributed by atoms with Crippen molar-refractivity contribution in [2.75, 3.05) is 13.1 Å². The van der Waals surface area contributed by atoms with E-state index in [0.717, 1.165) is 6.20 Å². The van der Waals surface area contributed by atoms with E-state index in [1.165, 1.54) is 12.1 Å². The number of amides is 1. The average Bonchev–Trinajstić information content (AvgIpc) is 3.02. The Kier molecular flexibility index (Phi) is 6.83. The number of pyridine rings is 1. The SMILES string of the molecule is CC(C)CC(Oc1cccnc1C(F)(F)F)C1CCN(C(=O)OC(C)(C)C)C1. The average molecular weight is 402 g/mol. The summed E-state index contributed by atoms with van der Waals surface area (Å²) < 4.78 is 51.0. The van der Waals surface area contributed by atoms with Crippen LogP contribution in [0.1, 0.15) is 53.2 Å². The summed E-state index contributed by atoms with van der Waals surface area (Å²) in [7, 11) is 0. The standard InChI is InChI=1S/C20H29F3N2O3/c1-13(2)11-16(27-15-7-6-9-24-17(15)20(21,22)23)14-8-10-25(12-14)18(26)28-19(3,4)5/h6-7,9,13-14,16H,8,10-12H2,1-5H3. The van der Waals surface area contributed by atoms with E-state index in [9.17, 15) is 18.0 Å². The van der Waals surface area contributed by atoms with Gasteiger partial charge in [-0.3, -0.25) is 0 Å². The van der Waals surface area contributed by atoms with Gasteiger partial charge in [0.25, 0.3) is 0 Å². The van der Waals surface area contributed by atoms with E-state index in [1.807, 2.05) is 13.8 Å². The Morgan fingerprint density at radius 2 is 2.00 bits per heavy atom. The van der Waals surface area contributed by atoms with Crippen molar-refractivity contribution < 1.29 is 27.4 Å². The van der Waals surface area contributed by atoms with Crippen LogP contribution in [0.4, 0.5) is 18.0 Å². The van der Waals surface area contributed by atoms with Crippen LogP contribution < -0.4 is 4.74 Å². The quantitative estimate of drug-likeness (QED) is 0.683. The number of halogens is 3. The first-order valence-corrected chi connectivity index (χ1v) is 9.53. The first kappa shape index (κ1) is 22.3. The van der Waals surface area contributed by atoms with Gasteiger partial charge in [-0.1, -0.05) is 13.8 Å². The van der Waals surface area contributed by atoms with Gasteiger partial charge in [0.2, 0.25) is 0 Å². The molecule has 28 heavy (non-hydrogen) atoms. The minimum Gasteiger partial charge on any atom is -0.488 e. The number of carbonyl (C=O) groups is 1. The molecule has 0 spiro atoms. The summed E-state index contributed by atoms with van der Waals surface area (Å²) >= 11 is 0. The third-order valence-electron chi connectivity index (χ3n) is 4.42. The maximum Gasteiger partial charge on any atom is 0.437 e. The minimum absolute atomic E-state index is 0.0730. The van der Waals surface area contributed by atoms with E-state index in [-0.39, 0.29) is 17.6 Å². The molecule has 1 fully saturated rings. The summed E-state index contributed by atoms with van der Waals surface area (Å²) in [5.74, 6) is -0.112. The number of nitrogens with zero attached hydrogens (tertiary/aromatic N) is 2. The summed E-state index contributed by atoms with van der Waals surface area (Å²) in [6, 6.07) is 2.72. The fourth-order valence-corrected chi connectivity index (χ4v) is 3.25. The van der Waals surface area contributed by atoms with Crippen LogP contribution in [0.5, 0.6) is 5.75 Å². The lowest BCUT2D eigenvalue weighted by Gasteiger charge is -2.28. The van der Waals surface area contributed by atoms with Crippen molar-refractivity contribution in [1.29, 1.82) is 0 Å². The van der Waals surface area contributed by atoms with Crippen LogP contribution in [-0.2, 0) is 10.9 Å². The third kappa shape index (κ3) is 6.27. The molecule has 158 valence electrons. The predicted molar refractivity (Wildman–Crippen MR) is 99.0 cm³/mol. The lowest BCUT2D eigenvalue weighted by Crippen LogP contribution is -2.37. The minimum atomic E-state index is -4.59. The van der Waals surface area contributed by atoms with Crippen molar-refractivity contribution in [1.82, 2.24) is 9.88 Å². The molecular weight excluding hydrogens is 373 g/mol. The van der Waals surface area contributed by atoms with Crippen molar-refractivity contribution in [3.63, 3.8) is 0 Å². The van der Waals surface area contributed by atoms with Crippen molar-refractivity contribution in [2.24, 2.45) is 11.8 Å². The zero-order chi connectivity index (χ0) is 21.1. The van der Waals surface area contributed by atoms with Crippen molar-refractivity contribution in [3.8, 4) is 5.75 Å². The van der Waals surface area contributed by atoms with Gasteiger partial charge in [-0.05, 0) is 51.7 Å². The number of hydrogen-bond donors (Lipinski definition) is 0. The molecule has 2 unspecified atom stereocenters. The highest BCUT2D eigenvalue weighted by atomic mass is 19.4. The number of rotatable bonds is 5. The molecule has 0 radical (unpaired) electrons. The molecule has 1 amide bonds. The van der Waals surface area contributed by atoms with Crippen LogP contribution in [0, 0.1) is 11.8 Å². The largest absolute Gasteiger partial charge is 0.488 e. The third-order valence-corrected chi connectivity index (χ3v) is 4.42. The van der Waals surface area contributed by atoms with Gasteiger partial charge >= 0.3 is 12.3 Å². The number of ether oxygens (including phenoxy) is 2. The summed E-state index contributed by atoms with van der Waals surface area (Å²) in [6.45, 7) is 10.3. The summed E-state index contributed by atoms with van der Waals surface area (Å²) in [6.07, 6.45) is -3.10. The first-order chi connectivity index (χ1) is 12.9. The second-order valence-corrected chi connectivity index (χ2v) is 8.61. The first-order valence-electron chi connectivity index (χ1n) is 9.53. The molecule has 1 aliphatic heterocycles. The Morgan fingerprint density at radius 1 is 1.32 bits per heavy atom. The van der Waals surface area contributed by atoms with Gasteiger partial charge in [0.05, 0.1) is 0 Å². The topological polar surface area (TPSA) is 51.7 Å². The Hall–Kier alpha value is -1.99. The molecule has 0 aromatic carbocycles. The molecule has 0 bridgehead atoms. The summed E-state index contributed by atoms with van der Waals surface area (Å²) in [4.78, 5) is 17.4. The van der Waals surface area contributed by atoms with E-state index in [2.05, 4.69) is 4.98 Å². The molecule has 2 heterocycles. The number of hydrogen-bond acceptors (Lipinski definition) is 4. The number of likely N-dealkylation sites (tertiary alicyclic amines) is 1. The van der Waals surface area contributed by atoms with Crippen molar-refractivity contribution in [2.45, 2.75) is 65.3 Å². The fourth-order valence-electron chi connectivity index (χ4n) is 3.25. The molecule has 1 aromatic heterocycles. The van der Waals surface area contributed by atoms with Crippen molar-refractivity contribution >= 4 is 6.09 Å². The van der Waals surface area contributed by atoms with E-state index in [4.69, 9.17) is 9.47 Å². The van der Waals surface area contributed by atoms with E-state index in [0.29, 0.717) is 25.9 Å². The molecule has 0 saturated carbocycles. The van der Waals surface area contributed by atoms with Crippen LogP contribution in [0.15, 0.2) is 18.3 Å². The van der Waals surface area contributed by atoms with Gasteiger partial charge in [0.15, 0.2) is 11.4 Å². The molecule has 1 saturated heterocycles. The summed E-state index contributed by atoms with van der Waals surface area (Å²) in [5.41, 5.74) is -1.62. The Bertz CT molecular complexity index is 671. The molecule has 2 rings (SSSR count). The van der Waals surface area contributed by atoms with E-state index in [1.54, 1.807) is 25.7 Å². The second-order valence-electron chi connectivity index (χ2n) is 8.61. The Labute approximate surface area is 164 Å². The lowest BCUT2D eigenvalue weighted by molar-refractivity contribution is -0.143. The van der Waals surface area contributed by atoms with Crippen LogP contribution in [0.25, 0.3) is 0 Å². The van der Waals surface area contributed by atoms with Crippen LogP contribution in [-0.4, -0.2) is 40.8 Å². The molecular formula is C20H29F3N2O3. The monoisotopic (exact) mass is 402 g/mol. The molecule has 1 aromatic rings. The Balaban J connectivity index is 2.15. The van der Waals surface area contributed by atoms with Crippen LogP contribution in [0.2, 0.25) is 0 Å². The van der Waals surface area contributed by atoms with Crippen molar-refractivity contribution in [3.05, 3.63) is 24.0 Å². The molecule has 8 heteroatoms. The fraction of sp³-hybridized carbons (Fsp3) is 0.700. The molecule has 2 atom stereocenters.